The van der Waals surface area contributed by atoms with Crippen LogP contribution in [0, 0.1) is 0 Å². The lowest BCUT2D eigenvalue weighted by Crippen LogP contribution is -2.30. The molecule has 14 heavy (non-hydrogen) atoms. The Bertz CT molecular complexity index is 209. The topological polar surface area (TPSA) is 40.5 Å². The summed E-state index contributed by atoms with van der Waals surface area (Å²) in [5.74, 6) is -0.000880. The monoisotopic (exact) mass is 197 g/mol. The molecule has 0 heterocycles. The fourth-order valence-corrected chi connectivity index (χ4v) is 1.04. The maximum atomic E-state index is 11.5. The summed E-state index contributed by atoms with van der Waals surface area (Å²) >= 11 is 0. The van der Waals surface area contributed by atoms with Gasteiger partial charge in [0, 0.05) is 25.8 Å². The summed E-state index contributed by atoms with van der Waals surface area (Å²) in [4.78, 5) is 13.2. The number of allylic oxidation sites excluding steroid dienone is 3. The minimum atomic E-state index is -0.000880. The Hall–Kier alpha value is -1.09. The molecule has 0 spiro atoms. The first kappa shape index (κ1) is 12.9. The second kappa shape index (κ2) is 8.51. The van der Waals surface area contributed by atoms with Crippen LogP contribution in [-0.2, 0) is 4.79 Å². The van der Waals surface area contributed by atoms with Crippen LogP contribution in [-0.4, -0.2) is 35.6 Å². The highest BCUT2D eigenvalue weighted by Crippen LogP contribution is 1.94. The molecule has 0 aromatic heterocycles. The number of rotatable bonds is 6. The first-order valence-electron chi connectivity index (χ1n) is 4.95. The Labute approximate surface area is 85.7 Å². The van der Waals surface area contributed by atoms with Gasteiger partial charge in [-0.25, -0.2) is 0 Å². The lowest BCUT2D eigenvalue weighted by atomic mass is 10.3. The van der Waals surface area contributed by atoms with E-state index in [1.165, 1.54) is 0 Å². The summed E-state index contributed by atoms with van der Waals surface area (Å²) in [6.45, 7) is 5.25. The van der Waals surface area contributed by atoms with Crippen LogP contribution in [0.4, 0.5) is 0 Å². The zero-order valence-electron chi connectivity index (χ0n) is 8.94. The minimum absolute atomic E-state index is 0.000880. The molecule has 3 heteroatoms. The SMILES string of the molecule is CC=C/C=C/C(=O)N(CC)CCCO. The smallest absolute Gasteiger partial charge is 0.246 e. The quantitative estimate of drug-likeness (QED) is 0.516. The van der Waals surface area contributed by atoms with Crippen molar-refractivity contribution in [1.29, 1.82) is 0 Å². The van der Waals surface area contributed by atoms with Gasteiger partial charge in [0.25, 0.3) is 0 Å². The van der Waals surface area contributed by atoms with E-state index in [1.54, 1.807) is 17.1 Å². The van der Waals surface area contributed by atoms with Crippen molar-refractivity contribution < 1.29 is 9.90 Å². The highest BCUT2D eigenvalue weighted by molar-refractivity contribution is 5.87. The van der Waals surface area contributed by atoms with E-state index in [9.17, 15) is 4.79 Å². The number of likely N-dealkylation sites (N-methyl/N-ethyl adjacent to an activating group) is 1. The predicted molar refractivity (Wildman–Crippen MR) is 57.9 cm³/mol. The maximum Gasteiger partial charge on any atom is 0.246 e. The van der Waals surface area contributed by atoms with Gasteiger partial charge in [-0.3, -0.25) is 4.79 Å². The van der Waals surface area contributed by atoms with E-state index in [2.05, 4.69) is 0 Å². The number of aliphatic hydroxyl groups excluding tert-OH is 1. The van der Waals surface area contributed by atoms with E-state index >= 15 is 0 Å². The third-order valence-electron chi connectivity index (χ3n) is 1.82. The Kier molecular flexibility index (Phi) is 7.84. The third kappa shape index (κ3) is 5.54. The van der Waals surface area contributed by atoms with Crippen LogP contribution in [0.15, 0.2) is 24.3 Å². The van der Waals surface area contributed by atoms with Gasteiger partial charge in [-0.2, -0.15) is 0 Å². The molecule has 1 N–H and O–H groups in total. The number of nitrogens with zero attached hydrogens (tertiary/aromatic N) is 1. The van der Waals surface area contributed by atoms with E-state index in [4.69, 9.17) is 5.11 Å². The lowest BCUT2D eigenvalue weighted by molar-refractivity contribution is -0.126. The number of aliphatic hydroxyl groups is 1. The molecule has 3 nitrogen and oxygen atoms in total. The van der Waals surface area contributed by atoms with Crippen molar-refractivity contribution >= 4 is 5.91 Å². The van der Waals surface area contributed by atoms with Crippen molar-refractivity contribution in [3.05, 3.63) is 24.3 Å². The van der Waals surface area contributed by atoms with Gasteiger partial charge < -0.3 is 10.0 Å². The highest BCUT2D eigenvalue weighted by atomic mass is 16.3. The highest BCUT2D eigenvalue weighted by Gasteiger charge is 2.06. The first-order valence-corrected chi connectivity index (χ1v) is 4.95. The zero-order chi connectivity index (χ0) is 10.8. The minimum Gasteiger partial charge on any atom is -0.396 e. The average Bonchev–Trinajstić information content (AvgIpc) is 2.19. The van der Waals surface area contributed by atoms with Gasteiger partial charge in [0.15, 0.2) is 0 Å². The van der Waals surface area contributed by atoms with Crippen LogP contribution in [0.5, 0.6) is 0 Å². The molecule has 0 radical (unpaired) electrons. The zero-order valence-corrected chi connectivity index (χ0v) is 8.94. The maximum absolute atomic E-state index is 11.5. The molecule has 0 aliphatic carbocycles. The van der Waals surface area contributed by atoms with Crippen LogP contribution < -0.4 is 0 Å². The Morgan fingerprint density at radius 1 is 1.43 bits per heavy atom. The van der Waals surface area contributed by atoms with E-state index in [0.717, 1.165) is 0 Å². The van der Waals surface area contributed by atoms with Crippen LogP contribution >= 0.6 is 0 Å². The average molecular weight is 197 g/mol. The molecule has 0 aromatic carbocycles. The molecule has 0 atom stereocenters. The largest absolute Gasteiger partial charge is 0.396 e. The van der Waals surface area contributed by atoms with Crippen LogP contribution in [0.2, 0.25) is 0 Å². The summed E-state index contributed by atoms with van der Waals surface area (Å²) in [6.07, 6.45) is 7.59. The number of amides is 1. The fourth-order valence-electron chi connectivity index (χ4n) is 1.04. The third-order valence-corrected chi connectivity index (χ3v) is 1.82. The Balaban J connectivity index is 4.03. The molecule has 0 aliphatic heterocycles. The van der Waals surface area contributed by atoms with Crippen LogP contribution in [0.1, 0.15) is 20.3 Å². The molecular formula is C11H19NO2. The van der Waals surface area contributed by atoms with Crippen LogP contribution in [0.3, 0.4) is 0 Å². The molecule has 0 fully saturated rings. The Morgan fingerprint density at radius 3 is 2.64 bits per heavy atom. The molecule has 0 aliphatic rings. The van der Waals surface area contributed by atoms with Gasteiger partial charge in [0.2, 0.25) is 5.91 Å². The molecular weight excluding hydrogens is 178 g/mol. The van der Waals surface area contributed by atoms with Gasteiger partial charge in [0.05, 0.1) is 0 Å². The van der Waals surface area contributed by atoms with Crippen LogP contribution in [0.25, 0.3) is 0 Å². The van der Waals surface area contributed by atoms with Gasteiger partial charge in [-0.05, 0) is 20.3 Å². The van der Waals surface area contributed by atoms with Crippen molar-refractivity contribution in [3.63, 3.8) is 0 Å². The molecule has 0 unspecified atom stereocenters. The van der Waals surface area contributed by atoms with E-state index < -0.39 is 0 Å². The summed E-state index contributed by atoms with van der Waals surface area (Å²) < 4.78 is 0. The lowest BCUT2D eigenvalue weighted by Gasteiger charge is -2.18. The van der Waals surface area contributed by atoms with E-state index in [-0.39, 0.29) is 12.5 Å². The molecule has 1 amide bonds. The van der Waals surface area contributed by atoms with E-state index in [0.29, 0.717) is 19.5 Å². The number of carbonyl (C=O) groups excluding carboxylic acids is 1. The van der Waals surface area contributed by atoms with Crippen molar-refractivity contribution in [2.45, 2.75) is 20.3 Å². The Morgan fingerprint density at radius 2 is 2.14 bits per heavy atom. The van der Waals surface area contributed by atoms with Crippen molar-refractivity contribution in [3.8, 4) is 0 Å². The van der Waals surface area contributed by atoms with Crippen molar-refractivity contribution in [2.24, 2.45) is 0 Å². The van der Waals surface area contributed by atoms with E-state index in [1.807, 2.05) is 26.0 Å². The standard InChI is InChI=1S/C11H19NO2/c1-3-5-6-8-11(14)12(4-2)9-7-10-13/h3,5-6,8,13H,4,7,9-10H2,1-2H3/b5-3?,8-6+. The number of hydrogen-bond donors (Lipinski definition) is 1. The van der Waals surface area contributed by atoms with Gasteiger partial charge in [-0.1, -0.05) is 18.2 Å². The summed E-state index contributed by atoms with van der Waals surface area (Å²) in [6, 6.07) is 0. The van der Waals surface area contributed by atoms with Gasteiger partial charge in [0.1, 0.15) is 0 Å². The summed E-state index contributed by atoms with van der Waals surface area (Å²) in [7, 11) is 0. The summed E-state index contributed by atoms with van der Waals surface area (Å²) in [5, 5.41) is 8.64. The molecule has 0 rings (SSSR count). The molecule has 80 valence electrons. The second-order valence-electron chi connectivity index (χ2n) is 2.88. The predicted octanol–water partition coefficient (Wildman–Crippen LogP) is 1.35. The first-order chi connectivity index (χ1) is 6.76. The number of carbonyl (C=O) groups is 1. The summed E-state index contributed by atoms with van der Waals surface area (Å²) in [5.41, 5.74) is 0. The second-order valence-corrected chi connectivity index (χ2v) is 2.88. The molecule has 0 saturated heterocycles. The normalized spacial score (nSPS) is 11.4. The number of hydrogen-bond acceptors (Lipinski definition) is 2. The molecule has 0 saturated carbocycles. The van der Waals surface area contributed by atoms with Gasteiger partial charge in [-0.15, -0.1) is 0 Å². The van der Waals surface area contributed by atoms with Crippen molar-refractivity contribution in [1.82, 2.24) is 4.90 Å². The molecule has 0 aromatic rings. The van der Waals surface area contributed by atoms with Gasteiger partial charge >= 0.3 is 0 Å². The fraction of sp³-hybridized carbons (Fsp3) is 0.545. The molecule has 0 bridgehead atoms. The van der Waals surface area contributed by atoms with Crippen molar-refractivity contribution in [2.75, 3.05) is 19.7 Å².